The number of nitrogens with zero attached hydrogens (tertiary/aromatic N) is 5. The molecule has 0 bridgehead atoms. The Morgan fingerprint density at radius 3 is 2.43 bits per heavy atom. The summed E-state index contributed by atoms with van der Waals surface area (Å²) in [7, 11) is 3.79. The third-order valence-corrected chi connectivity index (χ3v) is 11.7. The highest BCUT2D eigenvalue weighted by atomic mass is 16.5. The molecule has 4 fully saturated rings. The Bertz CT molecular complexity index is 1620. The molecule has 3 aromatic rings. The van der Waals surface area contributed by atoms with Gasteiger partial charge in [-0.1, -0.05) is 12.1 Å². The molecular weight excluding hydrogens is 618 g/mol. The van der Waals surface area contributed by atoms with Crippen molar-refractivity contribution in [1.29, 1.82) is 0 Å². The van der Waals surface area contributed by atoms with Gasteiger partial charge in [-0.05, 0) is 125 Å². The molecule has 1 aliphatic heterocycles. The van der Waals surface area contributed by atoms with E-state index in [2.05, 4.69) is 37.1 Å². The van der Waals surface area contributed by atoms with E-state index in [4.69, 9.17) is 19.1 Å². The quantitative estimate of drug-likeness (QED) is 0.252. The first-order valence-corrected chi connectivity index (χ1v) is 18.3. The number of oxazole rings is 1. The zero-order chi connectivity index (χ0) is 34.1. The fourth-order valence-corrected chi connectivity index (χ4v) is 8.62. The van der Waals surface area contributed by atoms with Crippen molar-refractivity contribution in [2.24, 2.45) is 17.8 Å². The number of carbonyl (C=O) groups excluding carboxylic acids is 1. The van der Waals surface area contributed by atoms with E-state index in [1.54, 1.807) is 24.5 Å². The summed E-state index contributed by atoms with van der Waals surface area (Å²) in [6.07, 6.45) is 12.5. The number of carboxylic acid groups (broad SMARTS) is 1. The lowest BCUT2D eigenvalue weighted by molar-refractivity contribution is -0.124. The number of hydrogen-bond acceptors (Lipinski definition) is 7. The van der Waals surface area contributed by atoms with Gasteiger partial charge in [0.05, 0.1) is 13.2 Å². The Hall–Kier alpha value is -3.92. The zero-order valence-electron chi connectivity index (χ0n) is 29.2. The molecule has 0 radical (unpaired) electrons. The Kier molecular flexibility index (Phi) is 9.94. The van der Waals surface area contributed by atoms with E-state index >= 15 is 0 Å². The van der Waals surface area contributed by atoms with E-state index in [9.17, 15) is 14.7 Å². The molecular formula is C39H51N5O5. The summed E-state index contributed by atoms with van der Waals surface area (Å²) in [4.78, 5) is 42.0. The molecule has 1 aromatic carbocycles. The number of amides is 2. The van der Waals surface area contributed by atoms with Crippen LogP contribution >= 0.6 is 0 Å². The number of ether oxygens (including phenoxy) is 1. The first-order chi connectivity index (χ1) is 23.8. The van der Waals surface area contributed by atoms with Gasteiger partial charge in [-0.15, -0.1) is 0 Å². The van der Waals surface area contributed by atoms with Gasteiger partial charge in [-0.25, -0.2) is 14.8 Å². The zero-order valence-corrected chi connectivity index (χ0v) is 29.2. The standard InChI is InChI=1S/C39H51N5O5/c1-25-20-31(14-15-35(25)48-3)27-6-4-26(5-7-27)22-44(36-21-32(16-17-40-36)33-24-49-37(41-33)29-10-11-29)38(45)30-12-8-28(9-13-30)34-23-42(2)18-19-43(34)39(46)47/h14-17,20-21,24,26-30,34H,4-13,18-19,22-23H2,1-3H3,(H,46,47). The van der Waals surface area contributed by atoms with Crippen molar-refractivity contribution in [3.63, 3.8) is 0 Å². The molecule has 4 aliphatic rings. The maximum absolute atomic E-state index is 14.5. The van der Waals surface area contributed by atoms with Crippen molar-refractivity contribution in [2.45, 2.75) is 89.0 Å². The molecule has 2 aromatic heterocycles. The minimum Gasteiger partial charge on any atom is -0.496 e. The van der Waals surface area contributed by atoms with Crippen molar-refractivity contribution >= 4 is 17.8 Å². The number of pyridine rings is 1. The van der Waals surface area contributed by atoms with Crippen LogP contribution in [0.2, 0.25) is 0 Å². The summed E-state index contributed by atoms with van der Waals surface area (Å²) in [6, 6.07) is 10.5. The normalized spacial score (nSPS) is 26.3. The number of carbonyl (C=O) groups is 2. The lowest BCUT2D eigenvalue weighted by atomic mass is 9.76. The van der Waals surface area contributed by atoms with Crippen LogP contribution in [-0.4, -0.2) is 83.3 Å². The van der Waals surface area contributed by atoms with Gasteiger partial charge in [0.2, 0.25) is 5.91 Å². The summed E-state index contributed by atoms with van der Waals surface area (Å²) in [6.45, 7) is 4.81. The van der Waals surface area contributed by atoms with Crippen LogP contribution in [0.25, 0.3) is 11.3 Å². The van der Waals surface area contributed by atoms with Crippen LogP contribution < -0.4 is 9.64 Å². The molecule has 0 spiro atoms. The van der Waals surface area contributed by atoms with Crippen LogP contribution in [0.5, 0.6) is 5.75 Å². The van der Waals surface area contributed by atoms with Crippen LogP contribution in [0.15, 0.2) is 47.2 Å². The first-order valence-electron chi connectivity index (χ1n) is 18.3. The second-order valence-electron chi connectivity index (χ2n) is 15.1. The molecule has 3 saturated carbocycles. The van der Waals surface area contributed by atoms with E-state index in [0.717, 1.165) is 100 Å². The van der Waals surface area contributed by atoms with E-state index in [0.29, 0.717) is 36.7 Å². The van der Waals surface area contributed by atoms with Crippen LogP contribution in [0.4, 0.5) is 10.6 Å². The van der Waals surface area contributed by atoms with Crippen molar-refractivity contribution in [3.8, 4) is 17.0 Å². The highest BCUT2D eigenvalue weighted by molar-refractivity contribution is 5.94. The maximum Gasteiger partial charge on any atom is 0.407 e. The van der Waals surface area contributed by atoms with Crippen molar-refractivity contribution in [2.75, 3.05) is 45.2 Å². The van der Waals surface area contributed by atoms with Crippen LogP contribution in [-0.2, 0) is 4.79 Å². The average molecular weight is 670 g/mol. The Balaban J connectivity index is 1.07. The smallest absolute Gasteiger partial charge is 0.407 e. The number of aryl methyl sites for hydroxylation is 1. The van der Waals surface area contributed by atoms with Gasteiger partial charge >= 0.3 is 6.09 Å². The second kappa shape index (κ2) is 14.5. The highest BCUT2D eigenvalue weighted by Gasteiger charge is 2.39. The molecule has 10 nitrogen and oxygen atoms in total. The molecule has 3 heterocycles. The number of anilines is 1. The lowest BCUT2D eigenvalue weighted by Gasteiger charge is -2.44. The monoisotopic (exact) mass is 669 g/mol. The van der Waals surface area contributed by atoms with Crippen LogP contribution in [0.3, 0.4) is 0 Å². The van der Waals surface area contributed by atoms with Gasteiger partial charge in [0.1, 0.15) is 23.5 Å². The number of hydrogen-bond donors (Lipinski definition) is 1. The number of methoxy groups -OCH3 is 1. The molecule has 49 heavy (non-hydrogen) atoms. The maximum atomic E-state index is 14.5. The number of likely N-dealkylation sites (N-methyl/N-ethyl adjacent to an activating group) is 1. The molecule has 10 heteroatoms. The molecule has 1 unspecified atom stereocenters. The summed E-state index contributed by atoms with van der Waals surface area (Å²) < 4.78 is 11.3. The highest BCUT2D eigenvalue weighted by Crippen LogP contribution is 2.42. The van der Waals surface area contributed by atoms with Crippen molar-refractivity contribution in [3.05, 3.63) is 59.8 Å². The Morgan fingerprint density at radius 1 is 0.980 bits per heavy atom. The molecule has 1 atom stereocenters. The van der Waals surface area contributed by atoms with Gasteiger partial charge in [0, 0.05) is 49.8 Å². The summed E-state index contributed by atoms with van der Waals surface area (Å²) in [5.74, 6) is 4.04. The largest absolute Gasteiger partial charge is 0.496 e. The van der Waals surface area contributed by atoms with E-state index < -0.39 is 6.09 Å². The van der Waals surface area contributed by atoms with Crippen molar-refractivity contribution < 1.29 is 23.8 Å². The summed E-state index contributed by atoms with van der Waals surface area (Å²) in [5.41, 5.74) is 4.24. The van der Waals surface area contributed by atoms with E-state index in [1.807, 2.05) is 17.0 Å². The number of piperazine rings is 1. The Labute approximate surface area is 289 Å². The summed E-state index contributed by atoms with van der Waals surface area (Å²) >= 11 is 0. The minimum absolute atomic E-state index is 0.0191. The van der Waals surface area contributed by atoms with Gasteiger partial charge < -0.3 is 24.1 Å². The van der Waals surface area contributed by atoms with Crippen LogP contribution in [0, 0.1) is 24.7 Å². The fraction of sp³-hybridized carbons (Fsp3) is 0.590. The molecule has 3 aliphatic carbocycles. The first kappa shape index (κ1) is 33.6. The van der Waals surface area contributed by atoms with Gasteiger partial charge in [-0.3, -0.25) is 9.69 Å². The van der Waals surface area contributed by atoms with Crippen LogP contribution in [0.1, 0.15) is 93.1 Å². The van der Waals surface area contributed by atoms with E-state index in [1.165, 1.54) is 11.1 Å². The minimum atomic E-state index is -0.832. The summed E-state index contributed by atoms with van der Waals surface area (Å²) in [5, 5.41) is 9.90. The second-order valence-corrected chi connectivity index (χ2v) is 15.1. The Morgan fingerprint density at radius 2 is 1.73 bits per heavy atom. The number of rotatable bonds is 9. The fourth-order valence-electron chi connectivity index (χ4n) is 8.62. The molecule has 7 rings (SSSR count). The topological polar surface area (TPSA) is 112 Å². The van der Waals surface area contributed by atoms with Gasteiger partial charge in [-0.2, -0.15) is 0 Å². The third kappa shape index (κ3) is 7.49. The SMILES string of the molecule is COc1ccc(C2CCC(CN(C(=O)C3CCC(C4CN(C)CCN4C(=O)O)CC3)c3cc(-c4coc(C5CC5)n4)ccn3)CC2)cc1C. The third-order valence-electron chi connectivity index (χ3n) is 11.7. The predicted octanol–water partition coefficient (Wildman–Crippen LogP) is 7.34. The predicted molar refractivity (Wildman–Crippen MR) is 188 cm³/mol. The number of benzene rings is 1. The van der Waals surface area contributed by atoms with E-state index in [-0.39, 0.29) is 23.8 Å². The molecule has 2 amide bonds. The average Bonchev–Trinajstić information content (AvgIpc) is 3.86. The lowest BCUT2D eigenvalue weighted by Crippen LogP contribution is -2.57. The number of aromatic nitrogens is 2. The molecule has 1 saturated heterocycles. The van der Waals surface area contributed by atoms with Gasteiger partial charge in [0.15, 0.2) is 5.89 Å². The molecule has 262 valence electrons. The molecule has 1 N–H and O–H groups in total. The van der Waals surface area contributed by atoms with Gasteiger partial charge in [0.25, 0.3) is 0 Å². The van der Waals surface area contributed by atoms with Crippen molar-refractivity contribution in [1.82, 2.24) is 19.8 Å².